The van der Waals surface area contributed by atoms with E-state index in [1.165, 1.54) is 18.6 Å². The lowest BCUT2D eigenvalue weighted by atomic mass is 10.1. The van der Waals surface area contributed by atoms with Gasteiger partial charge in [-0.15, -0.1) is 0 Å². The number of piperazine rings is 1. The number of aromatic nitrogens is 2. The summed E-state index contributed by atoms with van der Waals surface area (Å²) >= 11 is 6.10. The summed E-state index contributed by atoms with van der Waals surface area (Å²) in [5, 5.41) is 0.599. The normalized spacial score (nSPS) is 14.5. The maximum absolute atomic E-state index is 12.4. The molecule has 1 fully saturated rings. The minimum absolute atomic E-state index is 0.0229. The molecule has 0 N–H and O–H groups in total. The zero-order valence-electron chi connectivity index (χ0n) is 13.1. The van der Waals surface area contributed by atoms with E-state index in [2.05, 4.69) is 9.97 Å². The zero-order valence-corrected chi connectivity index (χ0v) is 13.8. The Morgan fingerprint density at radius 2 is 1.75 bits per heavy atom. The van der Waals surface area contributed by atoms with Crippen LogP contribution in [0.1, 0.15) is 16.1 Å². The van der Waals surface area contributed by atoms with Gasteiger partial charge in [-0.1, -0.05) is 29.8 Å². The molecule has 0 atom stereocenters. The molecule has 3 rings (SSSR count). The lowest BCUT2D eigenvalue weighted by Crippen LogP contribution is -2.51. The topological polar surface area (TPSA) is 66.4 Å². The molecule has 2 aromatic rings. The van der Waals surface area contributed by atoms with Crippen molar-refractivity contribution in [3.8, 4) is 0 Å². The molecule has 0 radical (unpaired) electrons. The largest absolute Gasteiger partial charge is 0.339 e. The summed E-state index contributed by atoms with van der Waals surface area (Å²) in [6.45, 7) is 2.00. The molecule has 6 nitrogen and oxygen atoms in total. The Hall–Kier alpha value is -2.47. The van der Waals surface area contributed by atoms with Crippen LogP contribution in [0.3, 0.4) is 0 Å². The number of rotatable bonds is 3. The predicted molar refractivity (Wildman–Crippen MR) is 89.7 cm³/mol. The van der Waals surface area contributed by atoms with Crippen LogP contribution in [-0.4, -0.2) is 57.8 Å². The molecule has 24 heavy (non-hydrogen) atoms. The molecule has 0 saturated carbocycles. The molecule has 0 bridgehead atoms. The second-order valence-electron chi connectivity index (χ2n) is 5.53. The monoisotopic (exact) mass is 344 g/mol. The van der Waals surface area contributed by atoms with E-state index in [1.807, 2.05) is 18.2 Å². The second kappa shape index (κ2) is 7.40. The number of amides is 2. The fraction of sp³-hybridized carbons (Fsp3) is 0.294. The van der Waals surface area contributed by atoms with E-state index in [-0.39, 0.29) is 18.2 Å². The van der Waals surface area contributed by atoms with Crippen molar-refractivity contribution in [1.29, 1.82) is 0 Å². The molecule has 1 aromatic carbocycles. The number of carbonyl (C=O) groups is 2. The molecular weight excluding hydrogens is 328 g/mol. The van der Waals surface area contributed by atoms with E-state index >= 15 is 0 Å². The van der Waals surface area contributed by atoms with Gasteiger partial charge in [-0.25, -0.2) is 4.98 Å². The van der Waals surface area contributed by atoms with Crippen LogP contribution in [0.2, 0.25) is 5.02 Å². The van der Waals surface area contributed by atoms with Gasteiger partial charge in [0.1, 0.15) is 5.69 Å². The molecule has 1 saturated heterocycles. The number of hydrogen-bond donors (Lipinski definition) is 0. The van der Waals surface area contributed by atoms with Crippen LogP contribution in [0.5, 0.6) is 0 Å². The van der Waals surface area contributed by atoms with E-state index in [4.69, 9.17) is 11.6 Å². The summed E-state index contributed by atoms with van der Waals surface area (Å²) in [6.07, 6.45) is 4.76. The van der Waals surface area contributed by atoms with Crippen LogP contribution < -0.4 is 0 Å². The Kier molecular flexibility index (Phi) is 5.05. The van der Waals surface area contributed by atoms with Crippen LogP contribution in [0.15, 0.2) is 42.9 Å². The SMILES string of the molecule is O=C(Cc1ccccc1Cl)N1CCN(C(=O)c2cnccn2)CC1. The Bertz CT molecular complexity index is 730. The summed E-state index contributed by atoms with van der Waals surface area (Å²) in [7, 11) is 0. The summed E-state index contributed by atoms with van der Waals surface area (Å²) < 4.78 is 0. The second-order valence-corrected chi connectivity index (χ2v) is 5.94. The van der Waals surface area contributed by atoms with Gasteiger partial charge in [0.25, 0.3) is 5.91 Å². The predicted octanol–water partition coefficient (Wildman–Crippen LogP) is 1.66. The van der Waals surface area contributed by atoms with Gasteiger partial charge in [-0.05, 0) is 11.6 Å². The van der Waals surface area contributed by atoms with Crippen molar-refractivity contribution in [2.75, 3.05) is 26.2 Å². The van der Waals surface area contributed by atoms with Gasteiger partial charge in [0, 0.05) is 43.6 Å². The minimum Gasteiger partial charge on any atom is -0.339 e. The Morgan fingerprint density at radius 1 is 1.04 bits per heavy atom. The molecule has 0 unspecified atom stereocenters. The summed E-state index contributed by atoms with van der Waals surface area (Å²) in [4.78, 5) is 36.1. The quantitative estimate of drug-likeness (QED) is 0.849. The van der Waals surface area contributed by atoms with Crippen LogP contribution in [0.25, 0.3) is 0 Å². The molecule has 1 aliphatic heterocycles. The molecule has 7 heteroatoms. The summed E-state index contributed by atoms with van der Waals surface area (Å²) in [5.74, 6) is -0.129. The van der Waals surface area contributed by atoms with Crippen molar-refractivity contribution in [3.05, 3.63) is 59.1 Å². The average Bonchev–Trinajstić information content (AvgIpc) is 2.64. The Labute approximate surface area is 145 Å². The third kappa shape index (κ3) is 3.71. The fourth-order valence-corrected chi connectivity index (χ4v) is 2.85. The molecule has 2 heterocycles. The standard InChI is InChI=1S/C17H17ClN4O2/c18-14-4-2-1-3-13(14)11-16(23)21-7-9-22(10-8-21)17(24)15-12-19-5-6-20-15/h1-6,12H,7-11H2. The smallest absolute Gasteiger partial charge is 0.274 e. The minimum atomic E-state index is -0.152. The molecule has 1 aromatic heterocycles. The van der Waals surface area contributed by atoms with Gasteiger partial charge in [-0.2, -0.15) is 0 Å². The van der Waals surface area contributed by atoms with Crippen molar-refractivity contribution in [1.82, 2.24) is 19.8 Å². The van der Waals surface area contributed by atoms with E-state index in [0.717, 1.165) is 5.56 Å². The number of benzene rings is 1. The molecule has 2 amide bonds. The van der Waals surface area contributed by atoms with E-state index in [9.17, 15) is 9.59 Å². The number of carbonyl (C=O) groups excluding carboxylic acids is 2. The third-order valence-corrected chi connectivity index (χ3v) is 4.37. The third-order valence-electron chi connectivity index (χ3n) is 4.00. The highest BCUT2D eigenvalue weighted by Crippen LogP contribution is 2.17. The molecule has 0 aliphatic carbocycles. The molecule has 1 aliphatic rings. The van der Waals surface area contributed by atoms with E-state index < -0.39 is 0 Å². The average molecular weight is 345 g/mol. The van der Waals surface area contributed by atoms with E-state index in [0.29, 0.717) is 36.9 Å². The first-order valence-corrected chi connectivity index (χ1v) is 8.09. The first kappa shape index (κ1) is 16.4. The van der Waals surface area contributed by atoms with Crippen LogP contribution in [0, 0.1) is 0 Å². The zero-order chi connectivity index (χ0) is 16.9. The lowest BCUT2D eigenvalue weighted by molar-refractivity contribution is -0.131. The van der Waals surface area contributed by atoms with Crippen molar-refractivity contribution < 1.29 is 9.59 Å². The maximum atomic E-state index is 12.4. The maximum Gasteiger partial charge on any atom is 0.274 e. The number of halogens is 1. The summed E-state index contributed by atoms with van der Waals surface area (Å²) in [5.41, 5.74) is 1.15. The van der Waals surface area contributed by atoms with Crippen LogP contribution >= 0.6 is 11.6 Å². The van der Waals surface area contributed by atoms with Crippen molar-refractivity contribution in [2.24, 2.45) is 0 Å². The van der Waals surface area contributed by atoms with Crippen LogP contribution in [-0.2, 0) is 11.2 Å². The number of hydrogen-bond acceptors (Lipinski definition) is 4. The van der Waals surface area contributed by atoms with Gasteiger partial charge in [0.2, 0.25) is 5.91 Å². The molecule has 124 valence electrons. The van der Waals surface area contributed by atoms with Gasteiger partial charge < -0.3 is 9.80 Å². The highest BCUT2D eigenvalue weighted by Gasteiger charge is 2.25. The highest BCUT2D eigenvalue weighted by molar-refractivity contribution is 6.31. The van der Waals surface area contributed by atoms with Gasteiger partial charge in [0.15, 0.2) is 0 Å². The molecule has 0 spiro atoms. The van der Waals surface area contributed by atoms with Gasteiger partial charge in [0.05, 0.1) is 12.6 Å². The number of nitrogens with zero attached hydrogens (tertiary/aromatic N) is 4. The van der Waals surface area contributed by atoms with Crippen molar-refractivity contribution >= 4 is 23.4 Å². The van der Waals surface area contributed by atoms with Crippen molar-refractivity contribution in [3.63, 3.8) is 0 Å². The first-order chi connectivity index (χ1) is 11.6. The van der Waals surface area contributed by atoms with Gasteiger partial charge in [-0.3, -0.25) is 14.6 Å². The molecular formula is C17H17ClN4O2. The fourth-order valence-electron chi connectivity index (χ4n) is 2.65. The lowest BCUT2D eigenvalue weighted by Gasteiger charge is -2.34. The summed E-state index contributed by atoms with van der Waals surface area (Å²) in [6, 6.07) is 7.34. The van der Waals surface area contributed by atoms with Gasteiger partial charge >= 0.3 is 0 Å². The Balaban J connectivity index is 1.56. The first-order valence-electron chi connectivity index (χ1n) is 7.71. The van der Waals surface area contributed by atoms with Crippen molar-refractivity contribution in [2.45, 2.75) is 6.42 Å². The Morgan fingerprint density at radius 3 is 2.42 bits per heavy atom. The van der Waals surface area contributed by atoms with E-state index in [1.54, 1.807) is 15.9 Å². The highest BCUT2D eigenvalue weighted by atomic mass is 35.5. The van der Waals surface area contributed by atoms with Crippen LogP contribution in [0.4, 0.5) is 0 Å².